The predicted molar refractivity (Wildman–Crippen MR) is 42.1 cm³/mol. The molecule has 0 aliphatic rings. The van der Waals surface area contributed by atoms with Gasteiger partial charge in [0.25, 0.3) is 0 Å². The first-order valence-corrected chi connectivity index (χ1v) is 2.92. The summed E-state index contributed by atoms with van der Waals surface area (Å²) in [6.45, 7) is 9.15. The summed E-state index contributed by atoms with van der Waals surface area (Å²) in [7, 11) is 0. The summed E-state index contributed by atoms with van der Waals surface area (Å²) in [4.78, 5) is 0. The van der Waals surface area contributed by atoms with Gasteiger partial charge in [-0.1, -0.05) is 31.4 Å². The van der Waals surface area contributed by atoms with Crippen LogP contribution in [0.25, 0.3) is 0 Å². The van der Waals surface area contributed by atoms with Crippen LogP contribution < -0.4 is 5.73 Å². The molecule has 0 heterocycles. The van der Waals surface area contributed by atoms with Crippen molar-refractivity contribution >= 4 is 0 Å². The van der Waals surface area contributed by atoms with Crippen molar-refractivity contribution in [2.45, 2.75) is 13.0 Å². The van der Waals surface area contributed by atoms with Crippen molar-refractivity contribution in [1.29, 1.82) is 0 Å². The second-order valence-electron chi connectivity index (χ2n) is 1.96. The molecule has 1 unspecified atom stereocenters. The molecule has 1 nitrogen and oxygen atoms in total. The van der Waals surface area contributed by atoms with Crippen LogP contribution in [0.4, 0.5) is 0 Å². The Morgan fingerprint density at radius 2 is 2.22 bits per heavy atom. The SMILES string of the molecule is C=C/C=C\C(=C)C(C)N. The van der Waals surface area contributed by atoms with Crippen molar-refractivity contribution in [3.05, 3.63) is 37.0 Å². The fourth-order valence-corrected chi connectivity index (χ4v) is 0.343. The molecule has 9 heavy (non-hydrogen) atoms. The van der Waals surface area contributed by atoms with E-state index in [0.29, 0.717) is 0 Å². The van der Waals surface area contributed by atoms with E-state index in [2.05, 4.69) is 13.2 Å². The zero-order valence-electron chi connectivity index (χ0n) is 5.80. The van der Waals surface area contributed by atoms with E-state index in [1.807, 2.05) is 19.1 Å². The van der Waals surface area contributed by atoms with Gasteiger partial charge in [0.2, 0.25) is 0 Å². The van der Waals surface area contributed by atoms with Gasteiger partial charge >= 0.3 is 0 Å². The summed E-state index contributed by atoms with van der Waals surface area (Å²) in [5, 5.41) is 0. The van der Waals surface area contributed by atoms with Crippen molar-refractivity contribution in [2.75, 3.05) is 0 Å². The quantitative estimate of drug-likeness (QED) is 0.567. The zero-order valence-corrected chi connectivity index (χ0v) is 5.80. The van der Waals surface area contributed by atoms with Crippen LogP contribution in [0.3, 0.4) is 0 Å². The lowest BCUT2D eigenvalue weighted by molar-refractivity contribution is 0.889. The highest BCUT2D eigenvalue weighted by atomic mass is 14.6. The molecular weight excluding hydrogens is 110 g/mol. The second kappa shape index (κ2) is 4.10. The average molecular weight is 123 g/mol. The Balaban J connectivity index is 3.76. The van der Waals surface area contributed by atoms with Crippen LogP contribution in [0, 0.1) is 0 Å². The smallest absolute Gasteiger partial charge is 0.0260 e. The summed E-state index contributed by atoms with van der Waals surface area (Å²) < 4.78 is 0. The summed E-state index contributed by atoms with van der Waals surface area (Å²) in [6, 6.07) is 0.0428. The molecule has 0 aromatic rings. The van der Waals surface area contributed by atoms with Gasteiger partial charge in [-0.3, -0.25) is 0 Å². The minimum absolute atomic E-state index is 0.0428. The van der Waals surface area contributed by atoms with Crippen molar-refractivity contribution in [3.8, 4) is 0 Å². The minimum Gasteiger partial charge on any atom is -0.324 e. The summed E-state index contributed by atoms with van der Waals surface area (Å²) in [5.41, 5.74) is 6.42. The molecular formula is C8H13N. The highest BCUT2D eigenvalue weighted by Gasteiger charge is 1.91. The van der Waals surface area contributed by atoms with Crippen LogP contribution in [-0.4, -0.2) is 6.04 Å². The van der Waals surface area contributed by atoms with Gasteiger partial charge in [-0.2, -0.15) is 0 Å². The number of rotatable bonds is 3. The molecule has 1 heteroatoms. The second-order valence-corrected chi connectivity index (χ2v) is 1.96. The van der Waals surface area contributed by atoms with E-state index in [9.17, 15) is 0 Å². The third-order valence-electron chi connectivity index (χ3n) is 1.03. The van der Waals surface area contributed by atoms with E-state index in [4.69, 9.17) is 5.73 Å². The monoisotopic (exact) mass is 123 g/mol. The van der Waals surface area contributed by atoms with Crippen LogP contribution >= 0.6 is 0 Å². The van der Waals surface area contributed by atoms with E-state index in [-0.39, 0.29) is 6.04 Å². The largest absolute Gasteiger partial charge is 0.324 e. The van der Waals surface area contributed by atoms with Crippen LogP contribution in [0.15, 0.2) is 37.0 Å². The number of hydrogen-bond donors (Lipinski definition) is 1. The Bertz CT molecular complexity index is 132. The van der Waals surface area contributed by atoms with E-state index in [0.717, 1.165) is 5.57 Å². The van der Waals surface area contributed by atoms with Crippen molar-refractivity contribution in [1.82, 2.24) is 0 Å². The van der Waals surface area contributed by atoms with Crippen LogP contribution in [-0.2, 0) is 0 Å². The lowest BCUT2D eigenvalue weighted by Gasteiger charge is -2.01. The molecule has 0 saturated heterocycles. The molecule has 0 bridgehead atoms. The summed E-state index contributed by atoms with van der Waals surface area (Å²) >= 11 is 0. The first kappa shape index (κ1) is 8.18. The maximum Gasteiger partial charge on any atom is 0.0260 e. The lowest BCUT2D eigenvalue weighted by atomic mass is 10.1. The minimum atomic E-state index is 0.0428. The Morgan fingerprint density at radius 3 is 2.56 bits per heavy atom. The van der Waals surface area contributed by atoms with Crippen LogP contribution in [0.1, 0.15) is 6.92 Å². The maximum atomic E-state index is 5.49. The van der Waals surface area contributed by atoms with Crippen molar-refractivity contribution in [3.63, 3.8) is 0 Å². The number of hydrogen-bond acceptors (Lipinski definition) is 1. The van der Waals surface area contributed by atoms with Gasteiger partial charge in [-0.25, -0.2) is 0 Å². The van der Waals surface area contributed by atoms with Crippen LogP contribution in [0.2, 0.25) is 0 Å². The average Bonchev–Trinajstić information content (AvgIpc) is 1.82. The molecule has 0 aromatic heterocycles. The number of allylic oxidation sites excluding steroid dienone is 2. The Hall–Kier alpha value is -0.820. The molecule has 2 N–H and O–H groups in total. The van der Waals surface area contributed by atoms with Gasteiger partial charge in [-0.05, 0) is 12.5 Å². The highest BCUT2D eigenvalue weighted by molar-refractivity contribution is 5.22. The van der Waals surface area contributed by atoms with Crippen molar-refractivity contribution < 1.29 is 0 Å². The lowest BCUT2D eigenvalue weighted by Crippen LogP contribution is -2.15. The Kier molecular flexibility index (Phi) is 3.72. The van der Waals surface area contributed by atoms with E-state index < -0.39 is 0 Å². The summed E-state index contributed by atoms with van der Waals surface area (Å²) in [5.74, 6) is 0. The maximum absolute atomic E-state index is 5.49. The first-order chi connectivity index (χ1) is 4.18. The molecule has 0 fully saturated rings. The van der Waals surface area contributed by atoms with Crippen molar-refractivity contribution in [2.24, 2.45) is 5.73 Å². The fourth-order valence-electron chi connectivity index (χ4n) is 0.343. The molecule has 0 spiro atoms. The molecule has 0 saturated carbocycles. The third kappa shape index (κ3) is 3.74. The van der Waals surface area contributed by atoms with Gasteiger partial charge < -0.3 is 5.73 Å². The molecule has 50 valence electrons. The van der Waals surface area contributed by atoms with Crippen LogP contribution in [0.5, 0.6) is 0 Å². The molecule has 0 radical (unpaired) electrons. The Morgan fingerprint density at radius 1 is 1.67 bits per heavy atom. The molecule has 0 aromatic carbocycles. The molecule has 0 aliphatic carbocycles. The third-order valence-corrected chi connectivity index (χ3v) is 1.03. The zero-order chi connectivity index (χ0) is 7.28. The summed E-state index contributed by atoms with van der Waals surface area (Å²) in [6.07, 6.45) is 5.39. The first-order valence-electron chi connectivity index (χ1n) is 2.92. The van der Waals surface area contributed by atoms with Gasteiger partial charge in [0.1, 0.15) is 0 Å². The fraction of sp³-hybridized carbons (Fsp3) is 0.250. The van der Waals surface area contributed by atoms with Gasteiger partial charge in [-0.15, -0.1) is 0 Å². The Labute approximate surface area is 56.6 Å². The van der Waals surface area contributed by atoms with Gasteiger partial charge in [0, 0.05) is 6.04 Å². The predicted octanol–water partition coefficient (Wildman–Crippen LogP) is 1.63. The molecule has 0 amide bonds. The van der Waals surface area contributed by atoms with E-state index >= 15 is 0 Å². The van der Waals surface area contributed by atoms with Gasteiger partial charge in [0.05, 0.1) is 0 Å². The van der Waals surface area contributed by atoms with E-state index in [1.165, 1.54) is 0 Å². The van der Waals surface area contributed by atoms with Gasteiger partial charge in [0.15, 0.2) is 0 Å². The molecule has 0 aliphatic heterocycles. The normalized spacial score (nSPS) is 13.6. The topological polar surface area (TPSA) is 26.0 Å². The molecule has 1 atom stereocenters. The number of nitrogens with two attached hydrogens (primary N) is 1. The van der Waals surface area contributed by atoms with E-state index in [1.54, 1.807) is 6.08 Å². The highest BCUT2D eigenvalue weighted by Crippen LogP contribution is 1.96. The standard InChI is InChI=1S/C8H13N/c1-4-5-6-7(2)8(3)9/h4-6,8H,1-2,9H2,3H3/b6-5-. The molecule has 0 rings (SSSR count).